The molecule has 1 heterocycles. The Labute approximate surface area is 168 Å². The average molecular weight is 427 g/mol. The molecule has 30 heavy (non-hydrogen) atoms. The number of rotatable bonds is 2. The standard InChI is InChI=1S/C22H19F6NO/c23-21(24,25)13-5-4-12-9-18(20(30)19-3-1-2-8-29-19)15-7-6-14(22(26,27)28)11-17(15)16(12)10-13/h4-7,9-11,19-20,29-30H,1-3,8H2/t19-,20+/m0/s1. The number of piperidine rings is 1. The van der Waals surface area contributed by atoms with Crippen molar-refractivity contribution in [2.45, 2.75) is 43.8 Å². The lowest BCUT2D eigenvalue weighted by Gasteiger charge is -2.29. The Kier molecular flexibility index (Phi) is 5.18. The van der Waals surface area contributed by atoms with Gasteiger partial charge in [0.25, 0.3) is 0 Å². The number of nitrogens with one attached hydrogen (secondary N) is 1. The number of aliphatic hydroxyl groups excluding tert-OH is 1. The van der Waals surface area contributed by atoms with Gasteiger partial charge in [-0.15, -0.1) is 0 Å². The van der Waals surface area contributed by atoms with Crippen LogP contribution in [0.4, 0.5) is 26.3 Å². The molecule has 0 bridgehead atoms. The summed E-state index contributed by atoms with van der Waals surface area (Å²) in [5.41, 5.74) is -1.47. The van der Waals surface area contributed by atoms with Crippen LogP contribution in [0.3, 0.4) is 0 Å². The Hall–Kier alpha value is -2.32. The normalized spacial score (nSPS) is 19.4. The monoisotopic (exact) mass is 427 g/mol. The van der Waals surface area contributed by atoms with Crippen molar-refractivity contribution in [3.05, 3.63) is 59.2 Å². The van der Waals surface area contributed by atoms with Crippen LogP contribution in [0, 0.1) is 0 Å². The minimum absolute atomic E-state index is 0.0401. The Morgan fingerprint density at radius 3 is 2.03 bits per heavy atom. The van der Waals surface area contributed by atoms with Gasteiger partial charge in [0.05, 0.1) is 17.2 Å². The zero-order chi connectivity index (χ0) is 21.7. The molecule has 0 aromatic heterocycles. The van der Waals surface area contributed by atoms with Gasteiger partial charge in [0.2, 0.25) is 0 Å². The van der Waals surface area contributed by atoms with Crippen molar-refractivity contribution < 1.29 is 31.4 Å². The Balaban J connectivity index is 1.98. The first-order valence-corrected chi connectivity index (χ1v) is 9.62. The number of aliphatic hydroxyl groups is 1. The molecule has 1 aliphatic heterocycles. The summed E-state index contributed by atoms with van der Waals surface area (Å²) in [4.78, 5) is 0. The van der Waals surface area contributed by atoms with Gasteiger partial charge in [-0.25, -0.2) is 0 Å². The molecule has 0 aliphatic carbocycles. The van der Waals surface area contributed by atoms with E-state index in [0.717, 1.165) is 43.7 Å². The van der Waals surface area contributed by atoms with E-state index in [9.17, 15) is 31.4 Å². The van der Waals surface area contributed by atoms with Crippen LogP contribution >= 0.6 is 0 Å². The van der Waals surface area contributed by atoms with Gasteiger partial charge in [0.1, 0.15) is 0 Å². The lowest BCUT2D eigenvalue weighted by Crippen LogP contribution is -2.38. The van der Waals surface area contributed by atoms with Crippen LogP contribution in [0.1, 0.15) is 42.1 Å². The van der Waals surface area contributed by atoms with Gasteiger partial charge >= 0.3 is 12.4 Å². The second kappa shape index (κ2) is 7.42. The number of hydrogen-bond acceptors (Lipinski definition) is 2. The second-order valence-electron chi connectivity index (χ2n) is 7.66. The Bertz CT molecular complexity index is 1080. The molecular formula is C22H19F6NO. The minimum Gasteiger partial charge on any atom is -0.387 e. The van der Waals surface area contributed by atoms with Gasteiger partial charge in [0, 0.05) is 6.04 Å². The number of hydrogen-bond donors (Lipinski definition) is 2. The summed E-state index contributed by atoms with van der Waals surface area (Å²) in [5, 5.41) is 14.9. The predicted octanol–water partition coefficient (Wildman–Crippen LogP) is 6.21. The second-order valence-corrected chi connectivity index (χ2v) is 7.66. The molecule has 1 aliphatic rings. The summed E-state index contributed by atoms with van der Waals surface area (Å²) < 4.78 is 79.5. The summed E-state index contributed by atoms with van der Waals surface area (Å²) in [6.07, 6.45) is -7.66. The summed E-state index contributed by atoms with van der Waals surface area (Å²) >= 11 is 0. The molecule has 3 aromatic rings. The molecule has 1 fully saturated rings. The lowest BCUT2D eigenvalue weighted by molar-refractivity contribution is -0.138. The van der Waals surface area contributed by atoms with Crippen LogP contribution in [0.15, 0.2) is 42.5 Å². The quantitative estimate of drug-likeness (QED) is 0.377. The van der Waals surface area contributed by atoms with Crippen LogP contribution in [-0.4, -0.2) is 17.7 Å². The van der Waals surface area contributed by atoms with Crippen LogP contribution in [0.2, 0.25) is 0 Å². The Morgan fingerprint density at radius 2 is 1.43 bits per heavy atom. The van der Waals surface area contributed by atoms with E-state index in [2.05, 4.69) is 5.32 Å². The summed E-state index contributed by atoms with van der Waals surface area (Å²) in [6.45, 7) is 0.723. The van der Waals surface area contributed by atoms with E-state index in [0.29, 0.717) is 22.8 Å². The summed E-state index contributed by atoms with van der Waals surface area (Å²) in [7, 11) is 0. The van der Waals surface area contributed by atoms with Crippen molar-refractivity contribution in [1.29, 1.82) is 0 Å². The fourth-order valence-corrected chi connectivity index (χ4v) is 4.14. The van der Waals surface area contributed by atoms with Crippen molar-refractivity contribution in [1.82, 2.24) is 5.32 Å². The fourth-order valence-electron chi connectivity index (χ4n) is 4.14. The molecule has 2 atom stereocenters. The molecule has 160 valence electrons. The predicted molar refractivity (Wildman–Crippen MR) is 102 cm³/mol. The highest BCUT2D eigenvalue weighted by atomic mass is 19.4. The minimum atomic E-state index is -4.64. The SMILES string of the molecule is O[C@H](c1cc2ccc(C(F)(F)F)cc2c2cc(C(F)(F)F)ccc12)[C@@H]1CCCCN1. The highest BCUT2D eigenvalue weighted by Crippen LogP contribution is 2.40. The van der Waals surface area contributed by atoms with Gasteiger partial charge in [0.15, 0.2) is 0 Å². The van der Waals surface area contributed by atoms with Crippen LogP contribution in [0.5, 0.6) is 0 Å². The van der Waals surface area contributed by atoms with Crippen molar-refractivity contribution >= 4 is 21.5 Å². The highest BCUT2D eigenvalue weighted by molar-refractivity contribution is 6.09. The van der Waals surface area contributed by atoms with Gasteiger partial charge in [-0.1, -0.05) is 18.6 Å². The van der Waals surface area contributed by atoms with Gasteiger partial charge in [-0.3, -0.25) is 0 Å². The lowest BCUT2D eigenvalue weighted by atomic mass is 9.88. The van der Waals surface area contributed by atoms with E-state index >= 15 is 0 Å². The third kappa shape index (κ3) is 3.86. The Morgan fingerprint density at radius 1 is 0.800 bits per heavy atom. The molecule has 0 amide bonds. The largest absolute Gasteiger partial charge is 0.416 e. The first kappa shape index (κ1) is 20.9. The molecule has 2 N–H and O–H groups in total. The van der Waals surface area contributed by atoms with E-state index in [4.69, 9.17) is 0 Å². The highest BCUT2D eigenvalue weighted by Gasteiger charge is 2.33. The number of alkyl halides is 6. The zero-order valence-corrected chi connectivity index (χ0v) is 15.7. The third-order valence-electron chi connectivity index (χ3n) is 5.69. The summed E-state index contributed by atoms with van der Waals surface area (Å²) in [6, 6.07) is 7.31. The number of halogens is 6. The fraction of sp³-hybridized carbons (Fsp3) is 0.364. The van der Waals surface area contributed by atoms with E-state index in [1.807, 2.05) is 0 Å². The van der Waals surface area contributed by atoms with E-state index in [1.54, 1.807) is 6.07 Å². The maximum Gasteiger partial charge on any atom is 0.416 e. The van der Waals surface area contributed by atoms with E-state index in [-0.39, 0.29) is 16.8 Å². The van der Waals surface area contributed by atoms with Crippen LogP contribution < -0.4 is 5.32 Å². The van der Waals surface area contributed by atoms with Gasteiger partial charge < -0.3 is 10.4 Å². The van der Waals surface area contributed by atoms with Gasteiger partial charge in [-0.05, 0) is 76.8 Å². The molecular weight excluding hydrogens is 408 g/mol. The van der Waals surface area contributed by atoms with Gasteiger partial charge in [-0.2, -0.15) is 26.3 Å². The molecule has 0 radical (unpaired) electrons. The maximum absolute atomic E-state index is 13.3. The molecule has 2 nitrogen and oxygen atoms in total. The van der Waals surface area contributed by atoms with Crippen molar-refractivity contribution in [3.8, 4) is 0 Å². The number of benzene rings is 3. The van der Waals surface area contributed by atoms with Crippen molar-refractivity contribution in [2.24, 2.45) is 0 Å². The molecule has 0 spiro atoms. The topological polar surface area (TPSA) is 32.3 Å². The van der Waals surface area contributed by atoms with Crippen LogP contribution in [-0.2, 0) is 12.4 Å². The molecule has 0 unspecified atom stereocenters. The maximum atomic E-state index is 13.3. The smallest absolute Gasteiger partial charge is 0.387 e. The molecule has 4 rings (SSSR count). The molecule has 1 saturated heterocycles. The van der Waals surface area contributed by atoms with E-state index in [1.165, 1.54) is 12.1 Å². The molecule has 0 saturated carbocycles. The number of fused-ring (bicyclic) bond motifs is 3. The van der Waals surface area contributed by atoms with Crippen molar-refractivity contribution in [3.63, 3.8) is 0 Å². The van der Waals surface area contributed by atoms with E-state index < -0.39 is 29.6 Å². The molecule has 8 heteroatoms. The first-order chi connectivity index (χ1) is 14.1. The average Bonchev–Trinajstić information content (AvgIpc) is 2.71. The van der Waals surface area contributed by atoms with Crippen molar-refractivity contribution in [2.75, 3.05) is 6.54 Å². The third-order valence-corrected chi connectivity index (χ3v) is 5.69. The van der Waals surface area contributed by atoms with Crippen LogP contribution in [0.25, 0.3) is 21.5 Å². The summed E-state index contributed by atoms with van der Waals surface area (Å²) in [5.74, 6) is 0. The first-order valence-electron chi connectivity index (χ1n) is 9.62. The molecule has 3 aromatic carbocycles. The zero-order valence-electron chi connectivity index (χ0n) is 15.7.